The fourth-order valence-corrected chi connectivity index (χ4v) is 8.23. The minimum atomic E-state index is -0.239. The van der Waals surface area contributed by atoms with E-state index in [-0.39, 0.29) is 5.41 Å². The second-order valence-corrected chi connectivity index (χ2v) is 13.7. The first-order valence-electron chi connectivity index (χ1n) is 17.3. The molecule has 50 heavy (non-hydrogen) atoms. The summed E-state index contributed by atoms with van der Waals surface area (Å²) in [6.07, 6.45) is 10.4. The van der Waals surface area contributed by atoms with E-state index in [1.54, 1.807) is 0 Å². The molecule has 0 radical (unpaired) electrons. The van der Waals surface area contributed by atoms with Crippen molar-refractivity contribution in [3.63, 3.8) is 0 Å². The van der Waals surface area contributed by atoms with Gasteiger partial charge in [0.15, 0.2) is 0 Å². The van der Waals surface area contributed by atoms with E-state index in [0.29, 0.717) is 0 Å². The third-order valence-electron chi connectivity index (χ3n) is 10.6. The van der Waals surface area contributed by atoms with Crippen LogP contribution in [0.25, 0.3) is 54.6 Å². The molecule has 1 aliphatic carbocycles. The monoisotopic (exact) mass is 640 g/mol. The van der Waals surface area contributed by atoms with Crippen molar-refractivity contribution in [2.75, 3.05) is 4.90 Å². The first-order chi connectivity index (χ1) is 24.5. The average molecular weight is 641 g/mol. The molecule has 9 rings (SSSR count). The fourth-order valence-electron chi connectivity index (χ4n) is 8.23. The van der Waals surface area contributed by atoms with Crippen LogP contribution < -0.4 is 4.90 Å². The van der Waals surface area contributed by atoms with Crippen LogP contribution >= 0.6 is 0 Å². The number of hydrogen-bond acceptors (Lipinski definition) is 1. The zero-order chi connectivity index (χ0) is 34.0. The van der Waals surface area contributed by atoms with Crippen molar-refractivity contribution >= 4 is 66.0 Å². The van der Waals surface area contributed by atoms with E-state index < -0.39 is 0 Å². The number of anilines is 3. The number of terminal acetylenes is 1. The Labute approximate surface area is 293 Å². The molecule has 1 aliphatic rings. The summed E-state index contributed by atoms with van der Waals surface area (Å²) < 4.78 is 2.37. The third-order valence-corrected chi connectivity index (χ3v) is 10.6. The van der Waals surface area contributed by atoms with Gasteiger partial charge in [-0.05, 0) is 94.4 Å². The molecule has 0 bridgehead atoms. The third kappa shape index (κ3) is 4.37. The summed E-state index contributed by atoms with van der Waals surface area (Å²) in [5, 5.41) is 7.42. The van der Waals surface area contributed by atoms with Gasteiger partial charge in [0.25, 0.3) is 0 Å². The summed E-state index contributed by atoms with van der Waals surface area (Å²) >= 11 is 0. The number of fused-ring (bicyclic) bond motifs is 7. The number of rotatable bonds is 5. The molecule has 7 aromatic carbocycles. The van der Waals surface area contributed by atoms with E-state index in [9.17, 15) is 0 Å². The summed E-state index contributed by atoms with van der Waals surface area (Å²) in [7, 11) is 0. The van der Waals surface area contributed by atoms with E-state index in [0.717, 1.165) is 33.9 Å². The van der Waals surface area contributed by atoms with Gasteiger partial charge in [0, 0.05) is 44.2 Å². The van der Waals surface area contributed by atoms with Gasteiger partial charge in [-0.3, -0.25) is 0 Å². The van der Waals surface area contributed by atoms with Crippen molar-refractivity contribution in [2.24, 2.45) is 0 Å². The number of hydrogen-bond donors (Lipinski definition) is 0. The maximum Gasteiger partial charge on any atom is 0.0546 e. The predicted molar refractivity (Wildman–Crippen MR) is 214 cm³/mol. The Kier molecular flexibility index (Phi) is 6.80. The lowest BCUT2D eigenvalue weighted by Gasteiger charge is -2.30. The van der Waals surface area contributed by atoms with Gasteiger partial charge in [0.2, 0.25) is 0 Å². The zero-order valence-electron chi connectivity index (χ0n) is 28.5. The number of benzene rings is 7. The minimum Gasteiger partial charge on any atom is -0.310 e. The fraction of sp³-hybridized carbons (Fsp3) is 0.0833. The first kappa shape index (κ1) is 29.8. The smallest absolute Gasteiger partial charge is 0.0546 e. The Balaban J connectivity index is 1.28. The van der Waals surface area contributed by atoms with Crippen LogP contribution in [0.3, 0.4) is 0 Å². The zero-order valence-corrected chi connectivity index (χ0v) is 28.5. The van der Waals surface area contributed by atoms with E-state index >= 15 is 0 Å². The van der Waals surface area contributed by atoms with Crippen LogP contribution in [-0.2, 0) is 5.41 Å². The molecular weight excluding hydrogens is 605 g/mol. The molecule has 0 amide bonds. The highest BCUT2D eigenvalue weighted by atomic mass is 15.1. The standard InChI is InChI=1S/C48H36N2/c1-5-14-42-37(6-2)39-30-29-36(31-43(39)48(42,3)4)49(46-22-13-16-33-24-23-32-15-7-8-17-38(32)47(33)46)34-25-27-35(28-26-34)50-44-20-11-9-18-40(44)41-19-10-12-21-45(41)50/h2,5,7-31H,1,3-4H3/b14-5-. The van der Waals surface area contributed by atoms with Crippen LogP contribution in [-0.4, -0.2) is 4.57 Å². The Morgan fingerprint density at radius 1 is 0.640 bits per heavy atom. The molecule has 238 valence electrons. The highest BCUT2D eigenvalue weighted by molar-refractivity contribution is 6.15. The molecule has 0 N–H and O–H groups in total. The molecule has 1 heterocycles. The highest BCUT2D eigenvalue weighted by Gasteiger charge is 2.36. The Hall–Kier alpha value is -6.30. The lowest BCUT2D eigenvalue weighted by molar-refractivity contribution is 0.654. The van der Waals surface area contributed by atoms with Gasteiger partial charge in [-0.2, -0.15) is 0 Å². The maximum absolute atomic E-state index is 6.15. The largest absolute Gasteiger partial charge is 0.310 e. The molecule has 2 nitrogen and oxygen atoms in total. The van der Waals surface area contributed by atoms with Crippen LogP contribution in [0.15, 0.2) is 163 Å². The lowest BCUT2D eigenvalue weighted by atomic mass is 9.80. The summed E-state index contributed by atoms with van der Waals surface area (Å²) in [4.78, 5) is 2.42. The van der Waals surface area contributed by atoms with Crippen molar-refractivity contribution in [3.05, 3.63) is 174 Å². The van der Waals surface area contributed by atoms with E-state index in [1.807, 2.05) is 0 Å². The molecular formula is C48H36N2. The van der Waals surface area contributed by atoms with E-state index in [2.05, 4.69) is 194 Å². The second-order valence-electron chi connectivity index (χ2n) is 13.7. The summed E-state index contributed by atoms with van der Waals surface area (Å²) in [5.41, 5.74) is 11.2. The average Bonchev–Trinajstić information content (AvgIpc) is 3.60. The SMILES string of the molecule is C#CC1=C(/C=C\C)C(C)(C)c2cc(N(c3ccc(-n4c5ccccc5c5ccccc54)cc3)c3cccc4ccc5ccccc5c34)ccc21. The van der Waals surface area contributed by atoms with Gasteiger partial charge in [0.1, 0.15) is 0 Å². The van der Waals surface area contributed by atoms with Gasteiger partial charge in [0.05, 0.1) is 16.7 Å². The van der Waals surface area contributed by atoms with Crippen molar-refractivity contribution in [1.82, 2.24) is 4.57 Å². The van der Waals surface area contributed by atoms with Crippen LogP contribution in [0, 0.1) is 12.3 Å². The number of nitrogens with zero attached hydrogens (tertiary/aromatic N) is 2. The Morgan fingerprint density at radius 3 is 1.96 bits per heavy atom. The number of allylic oxidation sites excluding steroid dienone is 4. The topological polar surface area (TPSA) is 8.17 Å². The van der Waals surface area contributed by atoms with Crippen LogP contribution in [0.1, 0.15) is 31.9 Å². The Bertz CT molecular complexity index is 2690. The molecule has 0 atom stereocenters. The van der Waals surface area contributed by atoms with Crippen molar-refractivity contribution in [1.29, 1.82) is 0 Å². The molecule has 1 aromatic heterocycles. The van der Waals surface area contributed by atoms with Gasteiger partial charge in [-0.1, -0.05) is 123 Å². The van der Waals surface area contributed by atoms with E-state index in [1.165, 1.54) is 54.5 Å². The van der Waals surface area contributed by atoms with Gasteiger partial charge in [-0.25, -0.2) is 0 Å². The quantitative estimate of drug-likeness (QED) is 0.134. The van der Waals surface area contributed by atoms with Gasteiger partial charge < -0.3 is 9.47 Å². The molecule has 0 fully saturated rings. The molecule has 0 saturated carbocycles. The second kappa shape index (κ2) is 11.4. The van der Waals surface area contributed by atoms with Crippen molar-refractivity contribution < 1.29 is 0 Å². The van der Waals surface area contributed by atoms with Crippen LogP contribution in [0.5, 0.6) is 0 Å². The lowest BCUT2D eigenvalue weighted by Crippen LogP contribution is -2.17. The maximum atomic E-state index is 6.15. The molecule has 0 spiro atoms. The molecule has 0 saturated heterocycles. The van der Waals surface area contributed by atoms with Gasteiger partial charge in [-0.15, -0.1) is 6.42 Å². The normalized spacial score (nSPS) is 13.9. The Morgan fingerprint density at radius 2 is 1.26 bits per heavy atom. The minimum absolute atomic E-state index is 0.239. The summed E-state index contributed by atoms with van der Waals surface area (Å²) in [6.45, 7) is 6.62. The number of aromatic nitrogens is 1. The first-order valence-corrected chi connectivity index (χ1v) is 17.3. The van der Waals surface area contributed by atoms with Gasteiger partial charge >= 0.3 is 0 Å². The number of para-hydroxylation sites is 2. The summed E-state index contributed by atoms with van der Waals surface area (Å²) in [6, 6.07) is 53.0. The van der Waals surface area contributed by atoms with Crippen LogP contribution in [0.2, 0.25) is 0 Å². The predicted octanol–water partition coefficient (Wildman–Crippen LogP) is 12.8. The highest BCUT2D eigenvalue weighted by Crippen LogP contribution is 2.50. The molecule has 0 aliphatic heterocycles. The molecule has 0 unspecified atom stereocenters. The molecule has 2 heteroatoms. The van der Waals surface area contributed by atoms with Crippen LogP contribution in [0.4, 0.5) is 17.1 Å². The van der Waals surface area contributed by atoms with Crippen molar-refractivity contribution in [3.8, 4) is 18.0 Å². The van der Waals surface area contributed by atoms with Crippen molar-refractivity contribution in [2.45, 2.75) is 26.2 Å². The van der Waals surface area contributed by atoms with E-state index in [4.69, 9.17) is 6.42 Å². The molecule has 8 aromatic rings. The summed E-state index contributed by atoms with van der Waals surface area (Å²) in [5.74, 6) is 3.02.